The number of benzene rings is 12. The average Bonchev–Trinajstić information content (AvgIpc) is 1.55. The Morgan fingerprint density at radius 2 is 0.394 bits per heavy atom. The summed E-state index contributed by atoms with van der Waals surface area (Å²) in [4.78, 5) is 25.6. The van der Waals surface area contributed by atoms with Gasteiger partial charge in [0.05, 0.1) is 22.8 Å². The first-order valence-electron chi connectivity index (χ1n) is 32.3. The second-order valence-corrected chi connectivity index (χ2v) is 26.8. The zero-order chi connectivity index (χ0) is 62.9. The van der Waals surface area contributed by atoms with Crippen LogP contribution in [0.5, 0.6) is 0 Å². The van der Waals surface area contributed by atoms with Crippen molar-refractivity contribution < 1.29 is 21.1 Å². The molecule has 14 aromatic rings. The molecule has 6 heteroatoms. The molecule has 12 aromatic carbocycles. The fourth-order valence-corrected chi connectivity index (χ4v) is 16.7. The Morgan fingerprint density at radius 3 is 0.574 bits per heavy atom. The Kier molecular flexibility index (Phi) is 14.4. The molecule has 1 aliphatic carbocycles. The fourth-order valence-electron chi connectivity index (χ4n) is 16.7. The first-order chi connectivity index (χ1) is 44.5. The number of nitrogens with zero attached hydrogens (tertiary/aromatic N) is 4. The second-order valence-electron chi connectivity index (χ2n) is 26.8. The van der Waals surface area contributed by atoms with E-state index in [9.17, 15) is 0 Å². The molecular formula is C88H68BN4Pt. The van der Waals surface area contributed by atoms with Crippen LogP contribution in [0.3, 0.4) is 0 Å². The smallest absolute Gasteiger partial charge is 0.656 e. The molecule has 4 heterocycles. The van der Waals surface area contributed by atoms with Gasteiger partial charge in [-0.2, -0.15) is 0 Å². The van der Waals surface area contributed by atoms with Crippen molar-refractivity contribution in [2.45, 2.75) is 83.1 Å². The van der Waals surface area contributed by atoms with Crippen LogP contribution in [0.2, 0.25) is 0 Å². The molecule has 17 rings (SSSR count). The quantitative estimate of drug-likeness (QED) is 0.165. The maximum absolute atomic E-state index is 6.41. The first kappa shape index (κ1) is 60.3. The minimum atomic E-state index is 0. The summed E-state index contributed by atoms with van der Waals surface area (Å²) in [5.41, 5.74) is 34.0. The topological polar surface area (TPSA) is 54.0 Å². The molecule has 94 heavy (non-hydrogen) atoms. The molecule has 0 saturated carbocycles. The summed E-state index contributed by atoms with van der Waals surface area (Å²) in [5, 5.41) is 13.4. The Balaban J connectivity index is 0.00000364. The van der Waals surface area contributed by atoms with E-state index in [-0.39, 0.29) is 29.5 Å². The number of fused-ring (bicyclic) bond motifs is 4. The predicted octanol–water partition coefficient (Wildman–Crippen LogP) is 23.1. The molecule has 0 saturated heterocycles. The zero-order valence-electron chi connectivity index (χ0n) is 55.2. The van der Waals surface area contributed by atoms with Crippen LogP contribution in [0.25, 0.3) is 176 Å². The Labute approximate surface area is 565 Å². The third-order valence-corrected chi connectivity index (χ3v) is 20.1. The van der Waals surface area contributed by atoms with Gasteiger partial charge in [0.2, 0.25) is 0 Å². The van der Waals surface area contributed by atoms with Crippen LogP contribution >= 0.6 is 0 Å². The van der Waals surface area contributed by atoms with Crippen LogP contribution in [0.15, 0.2) is 194 Å². The third kappa shape index (κ3) is 9.21. The molecule has 0 atom stereocenters. The molecule has 0 fully saturated rings. The molecule has 4 nitrogen and oxygen atoms in total. The number of hydrogen-bond acceptors (Lipinski definition) is 2. The molecule has 8 bridgehead atoms. The summed E-state index contributed by atoms with van der Waals surface area (Å²) in [6, 6.07) is 73.2. The third-order valence-electron chi connectivity index (χ3n) is 20.1. The second kappa shape index (κ2) is 22.4. The summed E-state index contributed by atoms with van der Waals surface area (Å²) >= 11 is 0. The van der Waals surface area contributed by atoms with E-state index in [1.807, 2.05) is 0 Å². The van der Waals surface area contributed by atoms with E-state index in [1.165, 1.54) is 22.3 Å². The first-order valence-corrected chi connectivity index (χ1v) is 32.3. The predicted molar refractivity (Wildman–Crippen MR) is 397 cm³/mol. The van der Waals surface area contributed by atoms with Crippen molar-refractivity contribution in [3.8, 4) is 89.5 Å². The summed E-state index contributed by atoms with van der Waals surface area (Å²) in [5.74, 6) is 0. The van der Waals surface area contributed by atoms with E-state index in [2.05, 4.69) is 277 Å². The molecule has 453 valence electrons. The van der Waals surface area contributed by atoms with Gasteiger partial charge in [0.1, 0.15) is 0 Å². The van der Waals surface area contributed by atoms with Gasteiger partial charge in [-0.15, -0.1) is 22.1 Å². The van der Waals surface area contributed by atoms with Crippen LogP contribution in [0, 0.1) is 83.1 Å². The normalized spacial score (nSPS) is 11.9. The largest absolute Gasteiger partial charge is 2.00 e. The molecule has 3 aliphatic rings. The van der Waals surface area contributed by atoms with E-state index >= 15 is 0 Å². The van der Waals surface area contributed by atoms with Gasteiger partial charge >= 0.3 is 21.1 Å². The van der Waals surface area contributed by atoms with Gasteiger partial charge < -0.3 is 9.97 Å². The van der Waals surface area contributed by atoms with Gasteiger partial charge in [0.15, 0.2) is 0 Å². The van der Waals surface area contributed by atoms with Gasteiger partial charge in [0, 0.05) is 30.7 Å². The SMILES string of the molecule is Cc1cc(C)c(-c2c3nc(c(-c4c(C)cc(C)cc4C)c4[n-]c(c(-c5c(C)cc(C)cc5C)c5nc(c(-c6c(C)cc(C)cc6C)c6[n-]c2c2cc7ccccc7cc62)-c2cc6ccccc6cc2-5)c2cc5ccccc5cc42)-c2cc4ccccc4cc2-3)c(C)c1.[B].[Pt+2]. The molecular weight excluding hydrogens is 1320 g/mol. The zero-order valence-corrected chi connectivity index (χ0v) is 57.4. The molecule has 0 spiro atoms. The Bertz CT molecular complexity index is 5220. The van der Waals surface area contributed by atoms with Crippen LogP contribution in [-0.4, -0.2) is 18.4 Å². The van der Waals surface area contributed by atoms with E-state index in [4.69, 9.17) is 19.9 Å². The minimum absolute atomic E-state index is 0. The van der Waals surface area contributed by atoms with Crippen molar-refractivity contribution in [3.05, 3.63) is 261 Å². The molecule has 0 amide bonds. The maximum atomic E-state index is 6.41. The van der Waals surface area contributed by atoms with Crippen molar-refractivity contribution in [2.24, 2.45) is 0 Å². The van der Waals surface area contributed by atoms with Gasteiger partial charge in [-0.25, -0.2) is 9.97 Å². The standard InChI is InChI=1S/C88H68N4.B.Pt/c1-45-29-49(5)73(50(6)30-45)77-81-65-37-57-21-13-15-23-59(57)39-67(65)83(89-81)78(74-51(7)31-46(2)32-52(74)8)85-69-41-61-25-17-19-27-63(61)43-71(69)87(91-85)80(76-55(11)35-48(4)36-56(76)12)88-72-44-64-28-20-18-26-62(64)42-70(72)86(92-88)79(75-53(9)33-47(3)34-54(75)10)84-68-40-60-24-16-14-22-58(60)38-66(68)82(77)90-84;;/h13-44H,1-12H3;;/q-2;;+2. The fraction of sp³-hybridized carbons (Fsp3) is 0.136. The Morgan fingerprint density at radius 1 is 0.223 bits per heavy atom. The molecule has 0 N–H and O–H groups in total. The van der Waals surface area contributed by atoms with Crippen LogP contribution in [0.4, 0.5) is 0 Å². The molecule has 2 aromatic heterocycles. The molecule has 3 radical (unpaired) electrons. The molecule has 0 unspecified atom stereocenters. The van der Waals surface area contributed by atoms with E-state index < -0.39 is 0 Å². The van der Waals surface area contributed by atoms with Crippen molar-refractivity contribution >= 4 is 95.1 Å². The van der Waals surface area contributed by atoms with Crippen molar-refractivity contribution in [1.82, 2.24) is 19.9 Å². The average molecular weight is 1390 g/mol. The summed E-state index contributed by atoms with van der Waals surface area (Å²) < 4.78 is 0. The summed E-state index contributed by atoms with van der Waals surface area (Å²) in [6.07, 6.45) is 0. The van der Waals surface area contributed by atoms with Gasteiger partial charge in [0.25, 0.3) is 0 Å². The van der Waals surface area contributed by atoms with Crippen LogP contribution < -0.4 is 9.97 Å². The van der Waals surface area contributed by atoms with Crippen LogP contribution in [-0.2, 0) is 21.1 Å². The Hall–Kier alpha value is -9.93. The monoisotopic (exact) mass is 1390 g/mol. The van der Waals surface area contributed by atoms with Gasteiger partial charge in [-0.05, 0) is 285 Å². The maximum Gasteiger partial charge on any atom is 2.00 e. The number of rotatable bonds is 4. The molecule has 2 aliphatic heterocycles. The van der Waals surface area contributed by atoms with Crippen molar-refractivity contribution in [1.29, 1.82) is 0 Å². The summed E-state index contributed by atoms with van der Waals surface area (Å²) in [7, 11) is 0. The van der Waals surface area contributed by atoms with Crippen LogP contribution in [0.1, 0.15) is 66.8 Å². The number of hydrogen-bond donors (Lipinski definition) is 0. The summed E-state index contributed by atoms with van der Waals surface area (Å²) in [6.45, 7) is 27.1. The van der Waals surface area contributed by atoms with Crippen molar-refractivity contribution in [3.63, 3.8) is 0 Å². The van der Waals surface area contributed by atoms with Crippen molar-refractivity contribution in [2.75, 3.05) is 0 Å². The van der Waals surface area contributed by atoms with Gasteiger partial charge in [-0.1, -0.05) is 168 Å². The number of aryl methyl sites for hydroxylation is 12. The number of aromatic nitrogens is 4. The minimum Gasteiger partial charge on any atom is -0.656 e. The van der Waals surface area contributed by atoms with E-state index in [0.29, 0.717) is 0 Å². The van der Waals surface area contributed by atoms with E-state index in [1.54, 1.807) is 0 Å². The van der Waals surface area contributed by atoms with Gasteiger partial charge in [-0.3, -0.25) is 0 Å². The van der Waals surface area contributed by atoms with E-state index in [0.717, 1.165) is 221 Å².